The van der Waals surface area contributed by atoms with Crippen LogP contribution in [0.3, 0.4) is 0 Å². The number of nitrogens with one attached hydrogen (secondary N) is 1. The van der Waals surface area contributed by atoms with Gasteiger partial charge in [-0.3, -0.25) is 0 Å². The lowest BCUT2D eigenvalue weighted by atomic mass is 9.94. The first-order valence-corrected chi connectivity index (χ1v) is 10.3. The Morgan fingerprint density at radius 2 is 2.17 bits per heavy atom. The molecule has 2 aliphatic rings. The van der Waals surface area contributed by atoms with E-state index in [-0.39, 0.29) is 29.7 Å². The van der Waals surface area contributed by atoms with Crippen molar-refractivity contribution in [1.29, 1.82) is 0 Å². The molecule has 7 heteroatoms. The van der Waals surface area contributed by atoms with E-state index in [9.17, 15) is 13.2 Å². The van der Waals surface area contributed by atoms with Gasteiger partial charge in [-0.2, -0.15) is 0 Å². The van der Waals surface area contributed by atoms with Crippen LogP contribution < -0.4 is 10.1 Å². The van der Waals surface area contributed by atoms with Crippen LogP contribution >= 0.6 is 0 Å². The fourth-order valence-corrected chi connectivity index (χ4v) is 4.70. The number of carbonyl (C=O) groups is 1. The molecule has 0 spiro atoms. The summed E-state index contributed by atoms with van der Waals surface area (Å²) >= 11 is 0. The van der Waals surface area contributed by atoms with Crippen LogP contribution in [-0.4, -0.2) is 57.1 Å². The molecule has 1 saturated heterocycles. The Morgan fingerprint density at radius 1 is 1.42 bits per heavy atom. The molecule has 0 aliphatic carbocycles. The van der Waals surface area contributed by atoms with Gasteiger partial charge in [0.05, 0.1) is 12.4 Å². The van der Waals surface area contributed by atoms with Crippen LogP contribution in [0.2, 0.25) is 0 Å². The van der Waals surface area contributed by atoms with Crippen LogP contribution in [0.1, 0.15) is 24.8 Å². The number of nitrogens with zero attached hydrogens (tertiary/aromatic N) is 1. The molecule has 1 N–H and O–H groups in total. The molecule has 6 nitrogen and oxygen atoms in total. The van der Waals surface area contributed by atoms with E-state index in [0.29, 0.717) is 19.7 Å². The monoisotopic (exact) mass is 352 g/mol. The molecule has 24 heavy (non-hydrogen) atoms. The van der Waals surface area contributed by atoms with Crippen molar-refractivity contribution < 1.29 is 17.9 Å². The summed E-state index contributed by atoms with van der Waals surface area (Å²) in [5.74, 6) is 1.21. The molecule has 0 saturated carbocycles. The zero-order valence-corrected chi connectivity index (χ0v) is 14.9. The third-order valence-electron chi connectivity index (χ3n) is 4.80. The molecule has 2 heterocycles. The summed E-state index contributed by atoms with van der Waals surface area (Å²) in [6.45, 7) is 3.66. The van der Waals surface area contributed by atoms with Crippen LogP contribution in [0.5, 0.6) is 5.75 Å². The lowest BCUT2D eigenvalue weighted by molar-refractivity contribution is 0.200. The zero-order chi connectivity index (χ0) is 17.3. The second-order valence-electron chi connectivity index (χ2n) is 6.89. The molecule has 0 bridgehead atoms. The Bertz CT molecular complexity index is 719. The van der Waals surface area contributed by atoms with Crippen molar-refractivity contribution in [2.24, 2.45) is 5.92 Å². The highest BCUT2D eigenvalue weighted by molar-refractivity contribution is 7.90. The number of ether oxygens (including phenoxy) is 1. The highest BCUT2D eigenvalue weighted by Crippen LogP contribution is 2.35. The fraction of sp³-hybridized carbons (Fsp3) is 0.588. The predicted octanol–water partition coefficient (Wildman–Crippen LogP) is 1.63. The number of amides is 2. The summed E-state index contributed by atoms with van der Waals surface area (Å²) in [7, 11) is -3.00. The van der Waals surface area contributed by atoms with Crippen LogP contribution in [0, 0.1) is 5.92 Å². The summed E-state index contributed by atoms with van der Waals surface area (Å²) in [6.07, 6.45) is 1.99. The highest BCUT2D eigenvalue weighted by Gasteiger charge is 2.33. The molecular formula is C17H24N2O4S. The van der Waals surface area contributed by atoms with Gasteiger partial charge in [0.15, 0.2) is 0 Å². The largest absolute Gasteiger partial charge is 0.493 e. The molecule has 2 aliphatic heterocycles. The topological polar surface area (TPSA) is 75.7 Å². The van der Waals surface area contributed by atoms with Gasteiger partial charge in [0, 0.05) is 36.9 Å². The smallest absolute Gasteiger partial charge is 0.317 e. The van der Waals surface area contributed by atoms with E-state index in [1.54, 1.807) is 4.90 Å². The van der Waals surface area contributed by atoms with Gasteiger partial charge in [-0.05, 0) is 25.3 Å². The Kier molecular flexibility index (Phi) is 4.71. The van der Waals surface area contributed by atoms with E-state index < -0.39 is 9.84 Å². The van der Waals surface area contributed by atoms with Crippen molar-refractivity contribution in [2.75, 3.05) is 31.7 Å². The summed E-state index contributed by atoms with van der Waals surface area (Å²) in [4.78, 5) is 14.2. The Labute approximate surface area is 143 Å². The number of carbonyl (C=O) groups excluding carboxylic acids is 1. The molecule has 1 aromatic carbocycles. The third kappa shape index (κ3) is 3.83. The van der Waals surface area contributed by atoms with Gasteiger partial charge in [0.25, 0.3) is 0 Å². The summed E-state index contributed by atoms with van der Waals surface area (Å²) in [5.41, 5.74) is 1.13. The normalized spacial score (nSPS) is 24.3. The maximum atomic E-state index is 12.5. The lowest BCUT2D eigenvalue weighted by Crippen LogP contribution is -2.45. The summed E-state index contributed by atoms with van der Waals surface area (Å²) < 4.78 is 28.5. The van der Waals surface area contributed by atoms with Gasteiger partial charge in [-0.25, -0.2) is 13.2 Å². The van der Waals surface area contributed by atoms with E-state index in [2.05, 4.69) is 5.32 Å². The van der Waals surface area contributed by atoms with Crippen LogP contribution in [-0.2, 0) is 9.84 Å². The number of para-hydroxylation sites is 1. The van der Waals surface area contributed by atoms with Crippen molar-refractivity contribution in [2.45, 2.75) is 25.3 Å². The van der Waals surface area contributed by atoms with Crippen LogP contribution in [0.25, 0.3) is 0 Å². The van der Waals surface area contributed by atoms with E-state index >= 15 is 0 Å². The number of benzene rings is 1. The van der Waals surface area contributed by atoms with Crippen molar-refractivity contribution in [3.63, 3.8) is 0 Å². The minimum atomic E-state index is -3.00. The van der Waals surface area contributed by atoms with Crippen molar-refractivity contribution >= 4 is 15.9 Å². The number of urea groups is 1. The molecular weight excluding hydrogens is 328 g/mol. The quantitative estimate of drug-likeness (QED) is 0.894. The maximum Gasteiger partial charge on any atom is 0.317 e. The average molecular weight is 352 g/mol. The van der Waals surface area contributed by atoms with Gasteiger partial charge in [-0.15, -0.1) is 0 Å². The minimum Gasteiger partial charge on any atom is -0.493 e. The number of rotatable bonds is 4. The number of fused-ring (bicyclic) bond motifs is 1. The van der Waals surface area contributed by atoms with E-state index in [4.69, 9.17) is 4.74 Å². The highest BCUT2D eigenvalue weighted by atomic mass is 32.2. The van der Waals surface area contributed by atoms with Gasteiger partial charge >= 0.3 is 6.03 Å². The van der Waals surface area contributed by atoms with E-state index in [1.807, 2.05) is 31.2 Å². The standard InChI is InChI=1S/C17H24N2O4S/c1-12(15-10-23-16-6-4-3-5-14(15)16)18-17(20)19-8-7-13(9-19)11-24(2,21)22/h3-6,12-13,15H,7-11H2,1-2H3,(H,18,20). The summed E-state index contributed by atoms with van der Waals surface area (Å²) in [5, 5.41) is 3.05. The first kappa shape index (κ1) is 17.1. The van der Waals surface area contributed by atoms with Crippen LogP contribution in [0.15, 0.2) is 24.3 Å². The van der Waals surface area contributed by atoms with Crippen molar-refractivity contribution in [1.82, 2.24) is 10.2 Å². The Balaban J connectivity index is 1.56. The minimum absolute atomic E-state index is 0.0385. The predicted molar refractivity (Wildman–Crippen MR) is 92.1 cm³/mol. The average Bonchev–Trinajstić information content (AvgIpc) is 3.12. The fourth-order valence-electron chi connectivity index (χ4n) is 3.57. The zero-order valence-electron chi connectivity index (χ0n) is 14.1. The SMILES string of the molecule is CC(NC(=O)N1CCC(CS(C)(=O)=O)C1)C1COc2ccccc21. The molecule has 132 valence electrons. The second kappa shape index (κ2) is 6.63. The second-order valence-corrected chi connectivity index (χ2v) is 9.07. The number of sulfone groups is 1. The maximum absolute atomic E-state index is 12.5. The lowest BCUT2D eigenvalue weighted by Gasteiger charge is -2.24. The molecule has 3 rings (SSSR count). The first-order chi connectivity index (χ1) is 11.3. The number of hydrogen-bond acceptors (Lipinski definition) is 4. The van der Waals surface area contributed by atoms with Crippen molar-refractivity contribution in [3.8, 4) is 5.75 Å². The molecule has 3 unspecified atom stereocenters. The molecule has 3 atom stereocenters. The van der Waals surface area contributed by atoms with Gasteiger partial charge in [-0.1, -0.05) is 18.2 Å². The van der Waals surface area contributed by atoms with E-state index in [1.165, 1.54) is 6.26 Å². The Hall–Kier alpha value is -1.76. The van der Waals surface area contributed by atoms with Crippen LogP contribution in [0.4, 0.5) is 4.79 Å². The first-order valence-electron chi connectivity index (χ1n) is 8.28. The van der Waals surface area contributed by atoms with Gasteiger partial charge in [0.1, 0.15) is 15.6 Å². The molecule has 1 fully saturated rings. The van der Waals surface area contributed by atoms with Crippen molar-refractivity contribution in [3.05, 3.63) is 29.8 Å². The molecule has 0 aromatic heterocycles. The van der Waals surface area contributed by atoms with Gasteiger partial charge < -0.3 is 15.0 Å². The number of hydrogen-bond donors (Lipinski definition) is 1. The molecule has 2 amide bonds. The molecule has 0 radical (unpaired) electrons. The molecule has 1 aromatic rings. The number of likely N-dealkylation sites (tertiary alicyclic amines) is 1. The Morgan fingerprint density at radius 3 is 2.92 bits per heavy atom. The summed E-state index contributed by atoms with van der Waals surface area (Å²) in [6, 6.07) is 7.73. The van der Waals surface area contributed by atoms with Gasteiger partial charge in [0.2, 0.25) is 0 Å². The van der Waals surface area contributed by atoms with E-state index in [0.717, 1.165) is 17.7 Å². The third-order valence-corrected chi connectivity index (χ3v) is 5.88.